The van der Waals surface area contributed by atoms with Gasteiger partial charge in [-0.05, 0) is 35.4 Å². The molecule has 0 fully saturated rings. The van der Waals surface area contributed by atoms with Gasteiger partial charge in [0.25, 0.3) is 11.8 Å². The van der Waals surface area contributed by atoms with Gasteiger partial charge >= 0.3 is 6.09 Å². The minimum atomic E-state index is -1.25. The Hall–Kier alpha value is -3.40. The zero-order chi connectivity index (χ0) is 22.8. The van der Waals surface area contributed by atoms with Gasteiger partial charge in [-0.3, -0.25) is 9.59 Å². The van der Waals surface area contributed by atoms with Crippen LogP contribution in [0.2, 0.25) is 4.34 Å². The first-order valence-electron chi connectivity index (χ1n) is 9.56. The maximum Gasteiger partial charge on any atom is 0.404 e. The molecule has 4 rings (SSSR count). The Bertz CT molecular complexity index is 1210. The molecule has 0 spiro atoms. The van der Waals surface area contributed by atoms with Crippen LogP contribution in [0.5, 0.6) is 0 Å². The number of nitrogens with one attached hydrogen (secondary N) is 2. The molecule has 0 saturated carbocycles. The summed E-state index contributed by atoms with van der Waals surface area (Å²) in [5.74, 6) is -0.746. The number of amides is 3. The molecule has 2 aromatic carbocycles. The van der Waals surface area contributed by atoms with E-state index in [4.69, 9.17) is 16.7 Å². The number of hydrogen-bond donors (Lipinski definition) is 4. The molecule has 1 aromatic heterocycles. The minimum absolute atomic E-state index is 0.115. The Morgan fingerprint density at radius 2 is 1.84 bits per heavy atom. The Labute approximate surface area is 192 Å². The Balaban J connectivity index is 1.55. The molecule has 164 valence electrons. The van der Waals surface area contributed by atoms with Crippen molar-refractivity contribution in [3.63, 3.8) is 0 Å². The van der Waals surface area contributed by atoms with Gasteiger partial charge in [0.15, 0.2) is 6.23 Å². The van der Waals surface area contributed by atoms with Crippen LogP contribution in [-0.4, -0.2) is 33.0 Å². The van der Waals surface area contributed by atoms with E-state index in [1.54, 1.807) is 54.6 Å². The van der Waals surface area contributed by atoms with Crippen LogP contribution in [0.15, 0.2) is 54.6 Å². The van der Waals surface area contributed by atoms with Crippen molar-refractivity contribution in [2.45, 2.75) is 19.3 Å². The highest BCUT2D eigenvalue weighted by Gasteiger charge is 2.37. The Morgan fingerprint density at radius 1 is 1.09 bits per heavy atom. The molecule has 0 radical (unpaired) electrons. The number of aliphatic hydroxyl groups is 1. The maximum absolute atomic E-state index is 13.0. The Morgan fingerprint density at radius 3 is 2.56 bits per heavy atom. The molecule has 1 atom stereocenters. The van der Waals surface area contributed by atoms with Crippen LogP contribution in [-0.2, 0) is 13.1 Å². The van der Waals surface area contributed by atoms with E-state index in [-0.39, 0.29) is 24.9 Å². The van der Waals surface area contributed by atoms with E-state index >= 15 is 0 Å². The molecule has 0 bridgehead atoms. The summed E-state index contributed by atoms with van der Waals surface area (Å²) in [6.07, 6.45) is -2.38. The van der Waals surface area contributed by atoms with Crippen LogP contribution in [0.3, 0.4) is 0 Å². The standard InChI is InChI=1S/C22H18ClN3O5S/c23-17-8-7-16(32-17)19(27)25-15-6-2-5-14-18(15)21(29)26(20(14)28)11-13-4-1-3-12(9-13)10-24-22(30)31/h1-9,21,24,29H,10-11H2,(H,25,27)(H,30,31). The zero-order valence-corrected chi connectivity index (χ0v) is 18.1. The first-order valence-corrected chi connectivity index (χ1v) is 10.8. The van der Waals surface area contributed by atoms with Crippen molar-refractivity contribution in [1.82, 2.24) is 10.2 Å². The van der Waals surface area contributed by atoms with Crippen LogP contribution in [0.4, 0.5) is 10.5 Å². The van der Waals surface area contributed by atoms with Crippen molar-refractivity contribution >= 4 is 46.5 Å². The monoisotopic (exact) mass is 471 g/mol. The second kappa shape index (κ2) is 8.99. The number of carbonyl (C=O) groups excluding carboxylic acids is 2. The number of hydrogen-bond acceptors (Lipinski definition) is 5. The molecule has 0 aliphatic carbocycles. The van der Waals surface area contributed by atoms with E-state index in [2.05, 4.69) is 10.6 Å². The first kappa shape index (κ1) is 21.8. The van der Waals surface area contributed by atoms with Crippen molar-refractivity contribution < 1.29 is 24.6 Å². The van der Waals surface area contributed by atoms with Gasteiger partial charge in [0.05, 0.1) is 9.21 Å². The van der Waals surface area contributed by atoms with Gasteiger partial charge < -0.3 is 25.7 Å². The van der Waals surface area contributed by atoms with Crippen LogP contribution >= 0.6 is 22.9 Å². The van der Waals surface area contributed by atoms with Gasteiger partial charge in [-0.25, -0.2) is 4.79 Å². The lowest BCUT2D eigenvalue weighted by molar-refractivity contribution is 0.0140. The molecule has 1 aliphatic heterocycles. The number of halogens is 1. The van der Waals surface area contributed by atoms with E-state index in [9.17, 15) is 19.5 Å². The van der Waals surface area contributed by atoms with Gasteiger partial charge in [0.2, 0.25) is 0 Å². The number of fused-ring (bicyclic) bond motifs is 1. The van der Waals surface area contributed by atoms with Crippen molar-refractivity contribution in [2.75, 3.05) is 5.32 Å². The van der Waals surface area contributed by atoms with E-state index in [0.29, 0.717) is 26.0 Å². The Kier molecular flexibility index (Phi) is 6.13. The SMILES string of the molecule is O=C(O)NCc1cccc(CN2C(=O)c3cccc(NC(=O)c4ccc(Cl)s4)c3C2O)c1. The van der Waals surface area contributed by atoms with E-state index in [0.717, 1.165) is 22.5 Å². The number of thiophene rings is 1. The third-order valence-electron chi connectivity index (χ3n) is 4.98. The molecular formula is C22H18ClN3O5S. The second-order valence-electron chi connectivity index (χ2n) is 7.11. The largest absolute Gasteiger partial charge is 0.465 e. The number of rotatable bonds is 6. The summed E-state index contributed by atoms with van der Waals surface area (Å²) in [5.41, 5.74) is 2.44. The molecule has 3 amide bonds. The molecule has 0 saturated heterocycles. The molecule has 32 heavy (non-hydrogen) atoms. The topological polar surface area (TPSA) is 119 Å². The van der Waals surface area contributed by atoms with Crippen LogP contribution < -0.4 is 10.6 Å². The lowest BCUT2D eigenvalue weighted by atomic mass is 10.1. The van der Waals surface area contributed by atoms with Crippen molar-refractivity contribution in [3.05, 3.63) is 86.1 Å². The maximum atomic E-state index is 13.0. The fraction of sp³-hybridized carbons (Fsp3) is 0.136. The van der Waals surface area contributed by atoms with Gasteiger partial charge in [0.1, 0.15) is 0 Å². The van der Waals surface area contributed by atoms with Crippen LogP contribution in [0, 0.1) is 0 Å². The van der Waals surface area contributed by atoms with E-state index in [1.807, 2.05) is 0 Å². The number of benzene rings is 2. The van der Waals surface area contributed by atoms with Gasteiger partial charge in [-0.1, -0.05) is 41.9 Å². The van der Waals surface area contributed by atoms with Gasteiger partial charge in [-0.15, -0.1) is 11.3 Å². The summed E-state index contributed by atoms with van der Waals surface area (Å²) in [6.45, 7) is 0.242. The zero-order valence-electron chi connectivity index (χ0n) is 16.5. The summed E-state index contributed by atoms with van der Waals surface area (Å²) >= 11 is 7.03. The summed E-state index contributed by atoms with van der Waals surface area (Å²) < 4.78 is 0.482. The van der Waals surface area contributed by atoms with Gasteiger partial charge in [0, 0.05) is 29.9 Å². The molecule has 1 unspecified atom stereocenters. The molecule has 4 N–H and O–H groups in total. The highest BCUT2D eigenvalue weighted by Crippen LogP contribution is 2.38. The summed E-state index contributed by atoms with van der Waals surface area (Å²) in [6, 6.07) is 15.2. The fourth-order valence-corrected chi connectivity index (χ4v) is 4.49. The summed E-state index contributed by atoms with van der Waals surface area (Å²) in [7, 11) is 0. The first-order chi connectivity index (χ1) is 15.3. The molecular weight excluding hydrogens is 454 g/mol. The number of anilines is 1. The van der Waals surface area contributed by atoms with Crippen LogP contribution in [0.1, 0.15) is 42.9 Å². The quantitative estimate of drug-likeness (QED) is 0.432. The number of nitrogens with zero attached hydrogens (tertiary/aromatic N) is 1. The number of aliphatic hydroxyl groups excluding tert-OH is 1. The summed E-state index contributed by atoms with van der Waals surface area (Å²) in [4.78, 5) is 37.9. The normalized spacial score (nSPS) is 14.9. The van der Waals surface area contributed by atoms with Crippen molar-refractivity contribution in [1.29, 1.82) is 0 Å². The second-order valence-corrected chi connectivity index (χ2v) is 8.83. The summed E-state index contributed by atoms with van der Waals surface area (Å²) in [5, 5.41) is 24.8. The van der Waals surface area contributed by atoms with Crippen LogP contribution in [0.25, 0.3) is 0 Å². The lowest BCUT2D eigenvalue weighted by Crippen LogP contribution is -2.27. The van der Waals surface area contributed by atoms with Crippen molar-refractivity contribution in [2.24, 2.45) is 0 Å². The third kappa shape index (κ3) is 4.45. The molecule has 10 heteroatoms. The lowest BCUT2D eigenvalue weighted by Gasteiger charge is -2.22. The third-order valence-corrected chi connectivity index (χ3v) is 6.21. The highest BCUT2D eigenvalue weighted by atomic mass is 35.5. The smallest absolute Gasteiger partial charge is 0.404 e. The van der Waals surface area contributed by atoms with E-state index < -0.39 is 12.3 Å². The number of carbonyl (C=O) groups is 3. The predicted octanol–water partition coefficient (Wildman–Crippen LogP) is 4.07. The number of carboxylic acid groups (broad SMARTS) is 1. The average Bonchev–Trinajstić information content (AvgIpc) is 3.30. The van der Waals surface area contributed by atoms with E-state index in [1.165, 1.54) is 4.90 Å². The molecule has 8 nitrogen and oxygen atoms in total. The highest BCUT2D eigenvalue weighted by molar-refractivity contribution is 7.18. The van der Waals surface area contributed by atoms with Gasteiger partial charge in [-0.2, -0.15) is 0 Å². The molecule has 3 aromatic rings. The molecule has 2 heterocycles. The fourth-order valence-electron chi connectivity index (χ4n) is 3.55. The van der Waals surface area contributed by atoms with Crippen molar-refractivity contribution in [3.8, 4) is 0 Å². The minimum Gasteiger partial charge on any atom is -0.465 e. The predicted molar refractivity (Wildman–Crippen MR) is 120 cm³/mol. The molecule has 1 aliphatic rings. The average molecular weight is 472 g/mol.